The summed E-state index contributed by atoms with van der Waals surface area (Å²) in [5, 5.41) is 0. The fraction of sp³-hybridized carbons (Fsp3) is 0.429. The summed E-state index contributed by atoms with van der Waals surface area (Å²) in [7, 11) is 0. The highest BCUT2D eigenvalue weighted by Gasteiger charge is 2.35. The van der Waals surface area contributed by atoms with Crippen LogP contribution >= 0.6 is 0 Å². The maximum atomic E-state index is 5.52. The molecule has 2 aliphatic heterocycles. The van der Waals surface area contributed by atoms with Crippen molar-refractivity contribution in [2.75, 3.05) is 13.2 Å². The number of nitrogens with zero attached hydrogens (tertiary/aromatic N) is 1. The van der Waals surface area contributed by atoms with E-state index in [1.165, 1.54) is 11.1 Å². The van der Waals surface area contributed by atoms with Crippen LogP contribution in [0, 0.1) is 0 Å². The third-order valence-corrected chi connectivity index (χ3v) is 4.85. The van der Waals surface area contributed by atoms with Crippen LogP contribution in [0.5, 0.6) is 0 Å². The van der Waals surface area contributed by atoms with Gasteiger partial charge >= 0.3 is 0 Å². The Morgan fingerprint density at radius 3 is 1.54 bits per heavy atom. The van der Waals surface area contributed by atoms with Gasteiger partial charge in [0, 0.05) is 19.1 Å². The molecule has 3 heteroatoms. The molecule has 0 aromatic heterocycles. The van der Waals surface area contributed by atoms with E-state index in [0.29, 0.717) is 18.2 Å². The first-order valence-electron chi connectivity index (χ1n) is 8.92. The Morgan fingerprint density at radius 2 is 1.17 bits per heavy atom. The van der Waals surface area contributed by atoms with Crippen molar-refractivity contribution in [1.29, 1.82) is 0 Å². The van der Waals surface area contributed by atoms with Crippen LogP contribution in [0.4, 0.5) is 0 Å². The summed E-state index contributed by atoms with van der Waals surface area (Å²) < 4.78 is 11.0. The Hall–Kier alpha value is -1.68. The molecule has 2 aliphatic rings. The van der Waals surface area contributed by atoms with Crippen molar-refractivity contribution in [3.05, 3.63) is 71.8 Å². The van der Waals surface area contributed by atoms with Crippen LogP contribution < -0.4 is 0 Å². The molecule has 2 saturated heterocycles. The second-order valence-corrected chi connectivity index (χ2v) is 6.91. The quantitative estimate of drug-likeness (QED) is 0.660. The molecule has 0 saturated carbocycles. The number of rotatable bonds is 9. The van der Waals surface area contributed by atoms with Crippen LogP contribution in [-0.4, -0.2) is 36.4 Å². The molecule has 2 atom stereocenters. The zero-order valence-electron chi connectivity index (χ0n) is 14.0. The van der Waals surface area contributed by atoms with Gasteiger partial charge in [-0.3, -0.25) is 4.90 Å². The van der Waals surface area contributed by atoms with Gasteiger partial charge in [-0.05, 0) is 24.0 Å². The fourth-order valence-corrected chi connectivity index (χ4v) is 3.36. The Labute approximate surface area is 144 Å². The Balaban J connectivity index is 1.52. The normalized spacial score (nSPS) is 23.2. The van der Waals surface area contributed by atoms with Gasteiger partial charge in [-0.1, -0.05) is 60.7 Å². The second kappa shape index (κ2) is 7.47. The largest absolute Gasteiger partial charge is 0.373 e. The monoisotopic (exact) mass is 323 g/mol. The van der Waals surface area contributed by atoms with Gasteiger partial charge in [0.15, 0.2) is 0 Å². The smallest absolute Gasteiger partial charge is 0.0824 e. The second-order valence-electron chi connectivity index (χ2n) is 6.91. The van der Waals surface area contributed by atoms with Gasteiger partial charge < -0.3 is 9.47 Å². The van der Waals surface area contributed by atoms with E-state index in [1.54, 1.807) is 0 Å². The van der Waals surface area contributed by atoms with Crippen molar-refractivity contribution in [3.63, 3.8) is 0 Å². The molecule has 2 aromatic carbocycles. The lowest BCUT2D eigenvalue weighted by atomic mass is 10.0. The average Bonchev–Trinajstić information content (AvgIpc) is 3.52. The highest BCUT2D eigenvalue weighted by Crippen LogP contribution is 2.28. The van der Waals surface area contributed by atoms with Crippen molar-refractivity contribution >= 4 is 0 Å². The van der Waals surface area contributed by atoms with Crippen LogP contribution in [0.2, 0.25) is 0 Å². The predicted molar refractivity (Wildman–Crippen MR) is 94.6 cm³/mol. The minimum atomic E-state index is 0.447. The summed E-state index contributed by atoms with van der Waals surface area (Å²) in [6, 6.07) is 22.0. The summed E-state index contributed by atoms with van der Waals surface area (Å²) >= 11 is 0. The van der Waals surface area contributed by atoms with Gasteiger partial charge in [-0.2, -0.15) is 0 Å². The predicted octanol–water partition coefficient (Wildman–Crippen LogP) is 3.64. The van der Waals surface area contributed by atoms with E-state index in [2.05, 4.69) is 65.6 Å². The highest BCUT2D eigenvalue weighted by atomic mass is 16.6. The van der Waals surface area contributed by atoms with Crippen LogP contribution in [0.1, 0.15) is 24.0 Å². The van der Waals surface area contributed by atoms with Gasteiger partial charge in [0.25, 0.3) is 0 Å². The molecule has 2 fully saturated rings. The molecule has 24 heavy (non-hydrogen) atoms. The molecule has 0 N–H and O–H groups in total. The summed E-state index contributed by atoms with van der Waals surface area (Å²) in [6.07, 6.45) is 3.12. The van der Waals surface area contributed by atoms with Crippen molar-refractivity contribution < 1.29 is 9.47 Å². The number of ether oxygens (including phenoxy) is 2. The summed E-state index contributed by atoms with van der Waals surface area (Å²) in [5.41, 5.74) is 2.73. The lowest BCUT2D eigenvalue weighted by molar-refractivity contribution is 0.140. The van der Waals surface area contributed by atoms with E-state index < -0.39 is 0 Å². The zero-order chi connectivity index (χ0) is 16.2. The molecule has 2 heterocycles. The minimum absolute atomic E-state index is 0.447. The first kappa shape index (κ1) is 15.8. The SMILES string of the molecule is c1ccc(CN(Cc2ccccc2)C(CC2CO2)CC2CO2)cc1. The van der Waals surface area contributed by atoms with Gasteiger partial charge in [0.1, 0.15) is 0 Å². The van der Waals surface area contributed by atoms with Gasteiger partial charge in [0.2, 0.25) is 0 Å². The van der Waals surface area contributed by atoms with Gasteiger partial charge in [-0.15, -0.1) is 0 Å². The summed E-state index contributed by atoms with van der Waals surface area (Å²) in [5.74, 6) is 0. The third-order valence-electron chi connectivity index (χ3n) is 4.85. The van der Waals surface area contributed by atoms with Gasteiger partial charge in [0.05, 0.1) is 25.4 Å². The van der Waals surface area contributed by atoms with E-state index in [9.17, 15) is 0 Å². The first-order chi connectivity index (χ1) is 11.9. The topological polar surface area (TPSA) is 28.3 Å². The van der Waals surface area contributed by atoms with Gasteiger partial charge in [-0.25, -0.2) is 0 Å². The van der Waals surface area contributed by atoms with Crippen molar-refractivity contribution in [1.82, 2.24) is 4.90 Å². The molecule has 0 radical (unpaired) electrons. The lowest BCUT2D eigenvalue weighted by Gasteiger charge is -2.31. The van der Waals surface area contributed by atoms with Crippen LogP contribution in [0.3, 0.4) is 0 Å². The zero-order valence-corrected chi connectivity index (χ0v) is 14.0. The molecular formula is C21H25NO2. The molecule has 0 spiro atoms. The number of hydrogen-bond acceptors (Lipinski definition) is 3. The first-order valence-corrected chi connectivity index (χ1v) is 8.92. The number of hydrogen-bond donors (Lipinski definition) is 0. The molecule has 2 aromatic rings. The number of benzene rings is 2. The highest BCUT2D eigenvalue weighted by molar-refractivity contribution is 5.17. The minimum Gasteiger partial charge on any atom is -0.373 e. The molecule has 0 aliphatic carbocycles. The third kappa shape index (κ3) is 4.67. The molecule has 4 rings (SSSR count). The molecular weight excluding hydrogens is 298 g/mol. The Morgan fingerprint density at radius 1 is 0.750 bits per heavy atom. The van der Waals surface area contributed by atoms with E-state index in [-0.39, 0.29) is 0 Å². The van der Waals surface area contributed by atoms with Crippen LogP contribution in [-0.2, 0) is 22.6 Å². The lowest BCUT2D eigenvalue weighted by Crippen LogP contribution is -2.36. The Bertz CT molecular complexity index is 567. The van der Waals surface area contributed by atoms with Crippen LogP contribution in [0.25, 0.3) is 0 Å². The molecule has 126 valence electrons. The Kier molecular flexibility index (Phi) is 4.93. The molecule has 0 amide bonds. The van der Waals surface area contributed by atoms with E-state index in [0.717, 1.165) is 39.1 Å². The average molecular weight is 323 g/mol. The van der Waals surface area contributed by atoms with E-state index in [1.807, 2.05) is 0 Å². The molecule has 0 bridgehead atoms. The summed E-state index contributed by atoms with van der Waals surface area (Å²) in [6.45, 7) is 3.79. The maximum absolute atomic E-state index is 5.52. The van der Waals surface area contributed by atoms with Crippen molar-refractivity contribution in [2.45, 2.75) is 44.2 Å². The fourth-order valence-electron chi connectivity index (χ4n) is 3.36. The van der Waals surface area contributed by atoms with E-state index in [4.69, 9.17) is 9.47 Å². The number of epoxide rings is 2. The van der Waals surface area contributed by atoms with E-state index >= 15 is 0 Å². The maximum Gasteiger partial charge on any atom is 0.0824 e. The summed E-state index contributed by atoms with van der Waals surface area (Å²) in [4.78, 5) is 2.61. The molecule has 3 nitrogen and oxygen atoms in total. The molecule has 2 unspecified atom stereocenters. The van der Waals surface area contributed by atoms with Crippen molar-refractivity contribution in [2.24, 2.45) is 0 Å². The standard InChI is InChI=1S/C21H25NO2/c1-3-7-17(8-4-1)13-22(14-18-9-5-2-6-10-18)19(11-20-15-23-20)12-21-16-24-21/h1-10,19-21H,11-16H2. The van der Waals surface area contributed by atoms with Crippen molar-refractivity contribution in [3.8, 4) is 0 Å². The van der Waals surface area contributed by atoms with Crippen LogP contribution in [0.15, 0.2) is 60.7 Å².